The number of hydrogen-bond acceptors (Lipinski definition) is 2. The second-order valence-electron chi connectivity index (χ2n) is 6.38. The Morgan fingerprint density at radius 1 is 1.23 bits per heavy atom. The largest absolute Gasteiger partial charge is 0.370 e. The molecule has 0 atom stereocenters. The van der Waals surface area contributed by atoms with Crippen molar-refractivity contribution in [1.82, 2.24) is 10.2 Å². The summed E-state index contributed by atoms with van der Waals surface area (Å²) < 4.78 is 0. The van der Waals surface area contributed by atoms with Gasteiger partial charge in [0.1, 0.15) is 0 Å². The van der Waals surface area contributed by atoms with Crippen LogP contribution in [0.4, 0.5) is 0 Å². The number of nitrogens with zero attached hydrogens (tertiary/aromatic N) is 2. The van der Waals surface area contributed by atoms with Crippen molar-refractivity contribution < 1.29 is 4.79 Å². The number of amides is 1. The van der Waals surface area contributed by atoms with Crippen molar-refractivity contribution in [3.05, 3.63) is 0 Å². The molecular formula is C16H33IN4O. The average Bonchev–Trinajstić information content (AvgIpc) is 2.94. The van der Waals surface area contributed by atoms with E-state index in [9.17, 15) is 4.79 Å². The molecule has 0 heterocycles. The highest BCUT2D eigenvalue weighted by Gasteiger charge is 2.41. The summed E-state index contributed by atoms with van der Waals surface area (Å²) in [4.78, 5) is 18.5. The summed E-state index contributed by atoms with van der Waals surface area (Å²) >= 11 is 0. The summed E-state index contributed by atoms with van der Waals surface area (Å²) in [7, 11) is 3.64. The maximum Gasteiger partial charge on any atom is 0.230 e. The fourth-order valence-electron chi connectivity index (χ4n) is 3.03. The molecule has 0 aliphatic heterocycles. The lowest BCUT2D eigenvalue weighted by Crippen LogP contribution is -2.42. The molecule has 0 bridgehead atoms. The van der Waals surface area contributed by atoms with Crippen molar-refractivity contribution >= 4 is 35.8 Å². The molecule has 1 aliphatic rings. The normalized spacial score (nSPS) is 17.0. The minimum atomic E-state index is -0.321. The number of aliphatic imine (C=N–C) groups is 1. The van der Waals surface area contributed by atoms with Crippen LogP contribution < -0.4 is 11.1 Å². The minimum Gasteiger partial charge on any atom is -0.370 e. The Hall–Kier alpha value is -0.530. The Bertz CT molecular complexity index is 352. The van der Waals surface area contributed by atoms with Crippen molar-refractivity contribution in [3.8, 4) is 0 Å². The van der Waals surface area contributed by atoms with Gasteiger partial charge < -0.3 is 16.0 Å². The van der Waals surface area contributed by atoms with Crippen LogP contribution in [0.5, 0.6) is 0 Å². The van der Waals surface area contributed by atoms with Gasteiger partial charge >= 0.3 is 0 Å². The molecule has 0 saturated heterocycles. The Morgan fingerprint density at radius 3 is 2.41 bits per heavy atom. The van der Waals surface area contributed by atoms with Crippen molar-refractivity contribution in [3.63, 3.8) is 0 Å². The van der Waals surface area contributed by atoms with E-state index >= 15 is 0 Å². The summed E-state index contributed by atoms with van der Waals surface area (Å²) in [6.07, 6.45) is 8.91. The van der Waals surface area contributed by atoms with Gasteiger partial charge in [-0.25, -0.2) is 0 Å². The molecule has 1 fully saturated rings. The second kappa shape index (κ2) is 11.1. The third kappa shape index (κ3) is 6.71. The van der Waals surface area contributed by atoms with Gasteiger partial charge in [0.2, 0.25) is 5.91 Å². The lowest BCUT2D eigenvalue weighted by atomic mass is 9.85. The first kappa shape index (κ1) is 21.5. The Balaban J connectivity index is 0.00000441. The molecule has 0 radical (unpaired) electrons. The zero-order valence-corrected chi connectivity index (χ0v) is 16.7. The molecule has 0 aromatic carbocycles. The highest BCUT2D eigenvalue weighted by atomic mass is 127. The predicted molar refractivity (Wildman–Crippen MR) is 104 cm³/mol. The standard InChI is InChI=1S/C16H32N4O.HI/c1-4-5-6-9-12-18-15(17)19-13-16(10-7-8-11-16)14(21)20(2)3;/h4-13H2,1-3H3,(H3,17,18,19);1H. The third-order valence-electron chi connectivity index (χ3n) is 4.31. The molecule has 1 saturated carbocycles. The van der Waals surface area contributed by atoms with E-state index in [1.165, 1.54) is 19.3 Å². The molecule has 130 valence electrons. The zero-order chi connectivity index (χ0) is 15.7. The molecule has 5 nitrogen and oxygen atoms in total. The van der Waals surface area contributed by atoms with Crippen molar-refractivity contribution in [2.75, 3.05) is 27.2 Å². The number of carbonyl (C=O) groups excluding carboxylic acids is 1. The summed E-state index contributed by atoms with van der Waals surface area (Å²) in [6.45, 7) is 3.58. The first-order valence-electron chi connectivity index (χ1n) is 8.27. The van der Waals surface area contributed by atoms with Crippen LogP contribution in [0.2, 0.25) is 0 Å². The lowest BCUT2D eigenvalue weighted by Gasteiger charge is -2.29. The zero-order valence-electron chi connectivity index (χ0n) is 14.4. The van der Waals surface area contributed by atoms with Crippen molar-refractivity contribution in [2.45, 2.75) is 58.3 Å². The van der Waals surface area contributed by atoms with Gasteiger partial charge in [0.05, 0.1) is 12.0 Å². The molecule has 0 spiro atoms. The Labute approximate surface area is 152 Å². The first-order valence-corrected chi connectivity index (χ1v) is 8.27. The van der Waals surface area contributed by atoms with Crippen molar-refractivity contribution in [1.29, 1.82) is 0 Å². The van der Waals surface area contributed by atoms with E-state index < -0.39 is 0 Å². The monoisotopic (exact) mass is 424 g/mol. The van der Waals surface area contributed by atoms with Crippen molar-refractivity contribution in [2.24, 2.45) is 16.1 Å². The summed E-state index contributed by atoms with van der Waals surface area (Å²) in [5.41, 5.74) is 5.59. The number of guanidine groups is 1. The van der Waals surface area contributed by atoms with E-state index in [0.29, 0.717) is 12.5 Å². The van der Waals surface area contributed by atoms with E-state index in [-0.39, 0.29) is 35.3 Å². The number of nitrogens with two attached hydrogens (primary N) is 1. The van der Waals surface area contributed by atoms with E-state index in [0.717, 1.165) is 38.6 Å². The molecule has 0 unspecified atom stereocenters. The van der Waals surface area contributed by atoms with Gasteiger partial charge in [-0.1, -0.05) is 39.0 Å². The molecule has 3 N–H and O–H groups in total. The molecule has 0 aromatic rings. The second-order valence-corrected chi connectivity index (χ2v) is 6.38. The van der Waals surface area contributed by atoms with E-state index in [1.807, 2.05) is 14.1 Å². The maximum atomic E-state index is 12.4. The van der Waals surface area contributed by atoms with Gasteiger partial charge in [-0.05, 0) is 19.3 Å². The Kier molecular flexibility index (Phi) is 10.8. The van der Waals surface area contributed by atoms with Crippen LogP contribution in [-0.4, -0.2) is 44.0 Å². The summed E-state index contributed by atoms with van der Waals surface area (Å²) in [6, 6.07) is 0. The van der Waals surface area contributed by atoms with E-state index in [2.05, 4.69) is 17.2 Å². The number of carbonyl (C=O) groups is 1. The quantitative estimate of drug-likeness (QED) is 0.273. The van der Waals surface area contributed by atoms with Crippen LogP contribution in [0.3, 0.4) is 0 Å². The minimum absolute atomic E-state index is 0. The predicted octanol–water partition coefficient (Wildman–Crippen LogP) is 2.74. The highest BCUT2D eigenvalue weighted by molar-refractivity contribution is 14.0. The molecule has 22 heavy (non-hydrogen) atoms. The summed E-state index contributed by atoms with van der Waals surface area (Å²) in [5, 5.41) is 3.15. The van der Waals surface area contributed by atoms with Crippen LogP contribution in [0, 0.1) is 5.41 Å². The number of halogens is 1. The molecule has 0 aromatic heterocycles. The van der Waals surface area contributed by atoms with Crippen LogP contribution >= 0.6 is 24.0 Å². The summed E-state index contributed by atoms with van der Waals surface area (Å²) in [5.74, 6) is 0.670. The van der Waals surface area contributed by atoms with Gasteiger partial charge in [-0.15, -0.1) is 24.0 Å². The first-order chi connectivity index (χ1) is 10.0. The SMILES string of the molecule is CCCCCCNC(N)=NCC1(C(=O)N(C)C)CCCC1.I. The highest BCUT2D eigenvalue weighted by Crippen LogP contribution is 2.39. The molecule has 1 aliphatic carbocycles. The maximum absolute atomic E-state index is 12.4. The van der Waals surface area contributed by atoms with Gasteiger partial charge in [0.25, 0.3) is 0 Å². The number of hydrogen-bond donors (Lipinski definition) is 2. The van der Waals surface area contributed by atoms with Gasteiger partial charge in [0.15, 0.2) is 5.96 Å². The Morgan fingerprint density at radius 2 is 1.86 bits per heavy atom. The molecular weight excluding hydrogens is 391 g/mol. The topological polar surface area (TPSA) is 70.7 Å². The van der Waals surface area contributed by atoms with Gasteiger partial charge in [0, 0.05) is 20.6 Å². The number of rotatable bonds is 8. The fraction of sp³-hybridized carbons (Fsp3) is 0.875. The number of nitrogens with one attached hydrogen (secondary N) is 1. The van der Waals surface area contributed by atoms with E-state index in [1.54, 1.807) is 4.90 Å². The molecule has 1 rings (SSSR count). The fourth-order valence-corrected chi connectivity index (χ4v) is 3.03. The molecule has 1 amide bonds. The lowest BCUT2D eigenvalue weighted by molar-refractivity contribution is -0.138. The van der Waals surface area contributed by atoms with Crippen LogP contribution in [0.15, 0.2) is 4.99 Å². The smallest absolute Gasteiger partial charge is 0.230 e. The average molecular weight is 424 g/mol. The van der Waals surface area contributed by atoms with Crippen LogP contribution in [0.25, 0.3) is 0 Å². The third-order valence-corrected chi connectivity index (χ3v) is 4.31. The van der Waals surface area contributed by atoms with Crippen LogP contribution in [-0.2, 0) is 4.79 Å². The van der Waals surface area contributed by atoms with Gasteiger partial charge in [-0.2, -0.15) is 0 Å². The number of unbranched alkanes of at least 4 members (excludes halogenated alkanes) is 3. The van der Waals surface area contributed by atoms with E-state index in [4.69, 9.17) is 5.73 Å². The van der Waals surface area contributed by atoms with Gasteiger partial charge in [-0.3, -0.25) is 9.79 Å². The van der Waals surface area contributed by atoms with Crippen LogP contribution in [0.1, 0.15) is 58.3 Å². The molecule has 6 heteroatoms.